The van der Waals surface area contributed by atoms with Crippen molar-refractivity contribution in [3.8, 4) is 0 Å². The van der Waals surface area contributed by atoms with Crippen LogP contribution in [0.1, 0.15) is 32.8 Å². The van der Waals surface area contributed by atoms with Gasteiger partial charge in [-0.15, -0.1) is 0 Å². The lowest BCUT2D eigenvalue weighted by Gasteiger charge is -2.19. The van der Waals surface area contributed by atoms with Gasteiger partial charge in [0.1, 0.15) is 12.1 Å². The van der Waals surface area contributed by atoms with Crippen LogP contribution in [-0.4, -0.2) is 43.8 Å². The van der Waals surface area contributed by atoms with Crippen molar-refractivity contribution >= 4 is 23.6 Å². The molecule has 26 heavy (non-hydrogen) atoms. The number of benzene rings is 1. The molecule has 1 rings (SSSR count). The molecule has 1 aromatic carbocycles. The van der Waals surface area contributed by atoms with Gasteiger partial charge in [0.05, 0.1) is 6.61 Å². The van der Waals surface area contributed by atoms with E-state index in [1.165, 1.54) is 7.11 Å². The van der Waals surface area contributed by atoms with Crippen LogP contribution in [0.4, 0.5) is 10.5 Å². The third-order valence-corrected chi connectivity index (χ3v) is 3.03. The molecule has 0 bridgehead atoms. The van der Waals surface area contributed by atoms with Gasteiger partial charge in [-0.2, -0.15) is 0 Å². The van der Waals surface area contributed by atoms with Crippen LogP contribution in [0.25, 0.3) is 0 Å². The quantitative estimate of drug-likeness (QED) is 0.651. The fourth-order valence-electron chi connectivity index (χ4n) is 1.91. The molecule has 8 nitrogen and oxygen atoms in total. The summed E-state index contributed by atoms with van der Waals surface area (Å²) in [5.74, 6) is -0.486. The second-order valence-electron chi connectivity index (χ2n) is 6.62. The minimum Gasteiger partial charge on any atom is -0.444 e. The van der Waals surface area contributed by atoms with Crippen molar-refractivity contribution in [3.05, 3.63) is 29.8 Å². The molecule has 0 fully saturated rings. The molecule has 3 N–H and O–H groups in total. The van der Waals surface area contributed by atoms with E-state index in [1.807, 2.05) is 6.07 Å². The zero-order valence-corrected chi connectivity index (χ0v) is 15.7. The summed E-state index contributed by atoms with van der Waals surface area (Å²) >= 11 is 0. The maximum atomic E-state index is 11.9. The van der Waals surface area contributed by atoms with Crippen molar-refractivity contribution in [3.63, 3.8) is 0 Å². The van der Waals surface area contributed by atoms with Crippen LogP contribution in [0, 0.1) is 0 Å². The van der Waals surface area contributed by atoms with Crippen molar-refractivity contribution < 1.29 is 23.9 Å². The van der Waals surface area contributed by atoms with Crippen LogP contribution in [0.3, 0.4) is 0 Å². The summed E-state index contributed by atoms with van der Waals surface area (Å²) in [7, 11) is 1.54. The van der Waals surface area contributed by atoms with E-state index in [2.05, 4.69) is 16.0 Å². The van der Waals surface area contributed by atoms with Crippen LogP contribution in [0.5, 0.6) is 0 Å². The van der Waals surface area contributed by atoms with Crippen LogP contribution in [-0.2, 0) is 25.6 Å². The number of carbonyl (C=O) groups excluding carboxylic acids is 3. The summed E-state index contributed by atoms with van der Waals surface area (Å²) in [6, 6.07) is 7.09. The Balaban J connectivity index is 2.44. The topological polar surface area (TPSA) is 106 Å². The summed E-state index contributed by atoms with van der Waals surface area (Å²) in [6.45, 7) is 5.74. The van der Waals surface area contributed by atoms with E-state index in [0.717, 1.165) is 5.56 Å². The number of hydrogen-bond acceptors (Lipinski definition) is 5. The number of alkyl carbamates (subject to hydrolysis) is 1. The average molecular weight is 365 g/mol. The summed E-state index contributed by atoms with van der Waals surface area (Å²) in [4.78, 5) is 35.0. The van der Waals surface area contributed by atoms with Gasteiger partial charge in [0.25, 0.3) is 0 Å². The Hall–Kier alpha value is -2.61. The first-order valence-electron chi connectivity index (χ1n) is 8.31. The Morgan fingerprint density at radius 1 is 1.08 bits per heavy atom. The Morgan fingerprint density at radius 3 is 2.46 bits per heavy atom. The summed E-state index contributed by atoms with van der Waals surface area (Å²) in [5, 5.41) is 7.84. The third-order valence-electron chi connectivity index (χ3n) is 3.03. The maximum absolute atomic E-state index is 11.9. The first kappa shape index (κ1) is 21.4. The molecule has 0 atom stereocenters. The monoisotopic (exact) mass is 365 g/mol. The summed E-state index contributed by atoms with van der Waals surface area (Å²) in [5.41, 5.74) is 0.793. The number of anilines is 1. The molecule has 8 heteroatoms. The molecule has 0 aromatic heterocycles. The lowest BCUT2D eigenvalue weighted by Crippen LogP contribution is -2.37. The van der Waals surface area contributed by atoms with E-state index in [4.69, 9.17) is 9.47 Å². The largest absolute Gasteiger partial charge is 0.444 e. The zero-order valence-electron chi connectivity index (χ0n) is 15.7. The first-order valence-corrected chi connectivity index (χ1v) is 8.31. The molecule has 0 saturated carbocycles. The molecule has 0 unspecified atom stereocenters. The molecule has 0 aliphatic heterocycles. The van der Waals surface area contributed by atoms with Crippen LogP contribution in [0.2, 0.25) is 0 Å². The van der Waals surface area contributed by atoms with Crippen LogP contribution >= 0.6 is 0 Å². The normalized spacial score (nSPS) is 10.8. The number of hydrogen-bond donors (Lipinski definition) is 3. The molecule has 3 amide bonds. The van der Waals surface area contributed by atoms with Gasteiger partial charge < -0.3 is 25.4 Å². The summed E-state index contributed by atoms with van der Waals surface area (Å²) in [6.07, 6.45) is -0.358. The number of ether oxygens (including phenoxy) is 2. The predicted molar refractivity (Wildman–Crippen MR) is 97.6 cm³/mol. The molecule has 1 aromatic rings. The van der Waals surface area contributed by atoms with E-state index in [9.17, 15) is 14.4 Å². The number of carbonyl (C=O) groups is 3. The van der Waals surface area contributed by atoms with Crippen molar-refractivity contribution in [2.75, 3.05) is 25.6 Å². The third kappa shape index (κ3) is 9.63. The van der Waals surface area contributed by atoms with Gasteiger partial charge in [-0.05, 0) is 38.5 Å². The van der Waals surface area contributed by atoms with E-state index in [0.29, 0.717) is 25.3 Å². The van der Waals surface area contributed by atoms with E-state index in [1.54, 1.807) is 39.0 Å². The number of amides is 3. The standard InChI is InChI=1S/C18H27N3O5/c1-18(2,3)26-17(24)20-12-16(23)21-14-7-5-6-13(10-14)11-19-15(22)8-9-25-4/h5-7,10H,8-9,11-12H2,1-4H3,(H,19,22)(H,20,24)(H,21,23). The van der Waals surface area contributed by atoms with Gasteiger partial charge in [0.2, 0.25) is 11.8 Å². The van der Waals surface area contributed by atoms with Crippen molar-refractivity contribution in [1.29, 1.82) is 0 Å². The second kappa shape index (κ2) is 10.4. The molecule has 0 saturated heterocycles. The van der Waals surface area contributed by atoms with Gasteiger partial charge in [0.15, 0.2) is 0 Å². The van der Waals surface area contributed by atoms with Gasteiger partial charge >= 0.3 is 6.09 Å². The van der Waals surface area contributed by atoms with Crippen LogP contribution in [0.15, 0.2) is 24.3 Å². The number of rotatable bonds is 8. The highest BCUT2D eigenvalue weighted by Crippen LogP contribution is 2.10. The Kier molecular flexibility index (Phi) is 8.57. The molecular formula is C18H27N3O5. The summed E-state index contributed by atoms with van der Waals surface area (Å²) < 4.78 is 9.91. The van der Waals surface area contributed by atoms with Crippen molar-refractivity contribution in [2.45, 2.75) is 39.3 Å². The van der Waals surface area contributed by atoms with E-state index < -0.39 is 11.7 Å². The van der Waals surface area contributed by atoms with Gasteiger partial charge in [-0.1, -0.05) is 12.1 Å². The molecular weight excluding hydrogens is 338 g/mol. The lowest BCUT2D eigenvalue weighted by atomic mass is 10.2. The average Bonchev–Trinajstić information content (AvgIpc) is 2.55. The number of nitrogens with one attached hydrogen (secondary N) is 3. The lowest BCUT2D eigenvalue weighted by molar-refractivity contribution is -0.122. The molecule has 0 heterocycles. The highest BCUT2D eigenvalue weighted by molar-refractivity contribution is 5.93. The fraction of sp³-hybridized carbons (Fsp3) is 0.500. The Bertz CT molecular complexity index is 625. The maximum Gasteiger partial charge on any atom is 0.408 e. The van der Waals surface area contributed by atoms with E-state index >= 15 is 0 Å². The molecule has 144 valence electrons. The minimum absolute atomic E-state index is 0.108. The predicted octanol–water partition coefficient (Wildman–Crippen LogP) is 1.80. The van der Waals surface area contributed by atoms with Gasteiger partial charge in [0, 0.05) is 25.8 Å². The zero-order chi connectivity index (χ0) is 19.6. The molecule has 0 spiro atoms. The Morgan fingerprint density at radius 2 is 1.81 bits per heavy atom. The SMILES string of the molecule is COCCC(=O)NCc1cccc(NC(=O)CNC(=O)OC(C)(C)C)c1. The smallest absolute Gasteiger partial charge is 0.408 e. The fourth-order valence-corrected chi connectivity index (χ4v) is 1.91. The molecule has 0 aliphatic carbocycles. The highest BCUT2D eigenvalue weighted by Gasteiger charge is 2.16. The first-order chi connectivity index (χ1) is 12.2. The highest BCUT2D eigenvalue weighted by atomic mass is 16.6. The second-order valence-corrected chi connectivity index (χ2v) is 6.62. The van der Waals surface area contributed by atoms with Crippen molar-refractivity contribution in [1.82, 2.24) is 10.6 Å². The number of methoxy groups -OCH3 is 1. The molecule has 0 radical (unpaired) electrons. The van der Waals surface area contributed by atoms with Crippen molar-refractivity contribution in [2.24, 2.45) is 0 Å². The van der Waals surface area contributed by atoms with Crippen LogP contribution < -0.4 is 16.0 Å². The Labute approximate surface area is 153 Å². The van der Waals surface area contributed by atoms with Gasteiger partial charge in [-0.3, -0.25) is 9.59 Å². The van der Waals surface area contributed by atoms with Gasteiger partial charge in [-0.25, -0.2) is 4.79 Å². The van der Waals surface area contributed by atoms with E-state index in [-0.39, 0.29) is 18.4 Å². The molecule has 0 aliphatic rings. The minimum atomic E-state index is -0.653.